The van der Waals surface area contributed by atoms with Crippen LogP contribution in [0.4, 0.5) is 0 Å². The molecular formula is C18H19N5O3. The molecule has 0 amide bonds. The zero-order valence-corrected chi connectivity index (χ0v) is 14.4. The number of aliphatic hydroxyl groups excluding tert-OH is 1. The standard InChI is InChI=1S/C18H19N5O3/c1-13-9-23-17(25)15-16(21(11-19-15)12-26-8-7-24)20-18(23)22(13)10-14-5-3-2-4-6-14/h2-6,9,11,24H,7-8,10,12H2,1H3. The maximum atomic E-state index is 12.8. The van der Waals surface area contributed by atoms with Crippen LogP contribution in [0.1, 0.15) is 11.3 Å². The highest BCUT2D eigenvalue weighted by Crippen LogP contribution is 2.14. The molecule has 0 unspecified atom stereocenters. The summed E-state index contributed by atoms with van der Waals surface area (Å²) < 4.78 is 10.5. The van der Waals surface area contributed by atoms with E-state index < -0.39 is 0 Å². The molecule has 0 aliphatic rings. The van der Waals surface area contributed by atoms with Gasteiger partial charge in [-0.05, 0) is 12.5 Å². The zero-order chi connectivity index (χ0) is 18.1. The molecular weight excluding hydrogens is 334 g/mol. The number of nitrogens with zero attached hydrogens (tertiary/aromatic N) is 5. The van der Waals surface area contributed by atoms with E-state index >= 15 is 0 Å². The molecule has 0 fully saturated rings. The lowest BCUT2D eigenvalue weighted by atomic mass is 10.2. The fourth-order valence-electron chi connectivity index (χ4n) is 3.00. The highest BCUT2D eigenvalue weighted by molar-refractivity contribution is 5.71. The van der Waals surface area contributed by atoms with Gasteiger partial charge in [-0.1, -0.05) is 30.3 Å². The van der Waals surface area contributed by atoms with Gasteiger partial charge in [-0.25, -0.2) is 9.38 Å². The second-order valence-corrected chi connectivity index (χ2v) is 6.08. The molecule has 134 valence electrons. The van der Waals surface area contributed by atoms with Gasteiger partial charge in [0.05, 0.1) is 26.1 Å². The molecule has 0 atom stereocenters. The van der Waals surface area contributed by atoms with E-state index in [0.717, 1.165) is 11.3 Å². The Kier molecular flexibility index (Phi) is 4.27. The molecule has 8 nitrogen and oxygen atoms in total. The summed E-state index contributed by atoms with van der Waals surface area (Å²) in [5.74, 6) is 0.563. The van der Waals surface area contributed by atoms with Crippen LogP contribution in [0.2, 0.25) is 0 Å². The molecule has 1 aromatic carbocycles. The van der Waals surface area contributed by atoms with Gasteiger partial charge in [-0.2, -0.15) is 4.98 Å². The van der Waals surface area contributed by atoms with E-state index in [2.05, 4.69) is 9.97 Å². The summed E-state index contributed by atoms with van der Waals surface area (Å²) >= 11 is 0. The minimum atomic E-state index is -0.208. The monoisotopic (exact) mass is 353 g/mol. The number of fused-ring (bicyclic) bond motifs is 2. The second-order valence-electron chi connectivity index (χ2n) is 6.08. The van der Waals surface area contributed by atoms with Crippen molar-refractivity contribution in [2.24, 2.45) is 0 Å². The van der Waals surface area contributed by atoms with Crippen molar-refractivity contribution in [1.29, 1.82) is 0 Å². The van der Waals surface area contributed by atoms with Crippen molar-refractivity contribution >= 4 is 16.9 Å². The van der Waals surface area contributed by atoms with Crippen molar-refractivity contribution in [3.63, 3.8) is 0 Å². The van der Waals surface area contributed by atoms with Crippen molar-refractivity contribution < 1.29 is 9.84 Å². The fraction of sp³-hybridized carbons (Fsp3) is 0.278. The van der Waals surface area contributed by atoms with Crippen LogP contribution in [-0.2, 0) is 18.0 Å². The molecule has 0 bridgehead atoms. The van der Waals surface area contributed by atoms with Crippen LogP contribution in [0, 0.1) is 6.92 Å². The predicted molar refractivity (Wildman–Crippen MR) is 96.1 cm³/mol. The molecule has 4 aromatic rings. The molecule has 3 aromatic heterocycles. The van der Waals surface area contributed by atoms with E-state index in [0.29, 0.717) is 23.5 Å². The third kappa shape index (κ3) is 2.79. The predicted octanol–water partition coefficient (Wildman–Crippen LogP) is 1.17. The lowest BCUT2D eigenvalue weighted by molar-refractivity contribution is 0.0499. The van der Waals surface area contributed by atoms with Gasteiger partial charge < -0.3 is 14.4 Å². The lowest BCUT2D eigenvalue weighted by Gasteiger charge is -2.08. The van der Waals surface area contributed by atoms with Crippen LogP contribution in [0.3, 0.4) is 0 Å². The average Bonchev–Trinajstić information content (AvgIpc) is 3.19. The molecule has 1 N–H and O–H groups in total. The van der Waals surface area contributed by atoms with Crippen LogP contribution in [0.25, 0.3) is 16.9 Å². The molecule has 3 heterocycles. The van der Waals surface area contributed by atoms with Gasteiger partial charge in [-0.15, -0.1) is 0 Å². The van der Waals surface area contributed by atoms with Crippen molar-refractivity contribution in [1.82, 2.24) is 23.5 Å². The van der Waals surface area contributed by atoms with Gasteiger partial charge in [0.15, 0.2) is 11.2 Å². The SMILES string of the molecule is Cc1cn2c(=O)c3ncn(COCCO)c3nc2n1Cc1ccccc1. The van der Waals surface area contributed by atoms with E-state index in [9.17, 15) is 4.79 Å². The van der Waals surface area contributed by atoms with E-state index in [-0.39, 0.29) is 25.5 Å². The van der Waals surface area contributed by atoms with Crippen molar-refractivity contribution in [2.75, 3.05) is 13.2 Å². The number of ether oxygens (including phenoxy) is 1. The molecule has 0 saturated carbocycles. The molecule has 8 heteroatoms. The van der Waals surface area contributed by atoms with Gasteiger partial charge in [0.2, 0.25) is 5.78 Å². The van der Waals surface area contributed by atoms with Crippen LogP contribution >= 0.6 is 0 Å². The number of hydrogen-bond acceptors (Lipinski definition) is 5. The number of aryl methyl sites for hydroxylation is 1. The number of aliphatic hydroxyl groups is 1. The summed E-state index contributed by atoms with van der Waals surface area (Å²) in [7, 11) is 0. The Hall–Kier alpha value is -2.97. The molecule has 0 aliphatic heterocycles. The van der Waals surface area contributed by atoms with Gasteiger partial charge in [-0.3, -0.25) is 9.36 Å². The van der Waals surface area contributed by atoms with E-state index in [4.69, 9.17) is 9.84 Å². The molecule has 0 saturated heterocycles. The maximum absolute atomic E-state index is 12.8. The zero-order valence-electron chi connectivity index (χ0n) is 14.4. The Labute approximate surface area is 148 Å². The van der Waals surface area contributed by atoms with Gasteiger partial charge in [0.25, 0.3) is 5.56 Å². The largest absolute Gasteiger partial charge is 0.394 e. The normalized spacial score (nSPS) is 11.6. The Morgan fingerprint density at radius 1 is 1.23 bits per heavy atom. The van der Waals surface area contributed by atoms with Crippen molar-refractivity contribution in [3.8, 4) is 0 Å². The van der Waals surface area contributed by atoms with E-state index in [1.165, 1.54) is 10.7 Å². The summed E-state index contributed by atoms with van der Waals surface area (Å²) in [6.45, 7) is 2.90. The third-order valence-corrected chi connectivity index (χ3v) is 4.29. The smallest absolute Gasteiger partial charge is 0.287 e. The quantitative estimate of drug-likeness (QED) is 0.526. The van der Waals surface area contributed by atoms with Crippen LogP contribution < -0.4 is 5.56 Å². The fourth-order valence-corrected chi connectivity index (χ4v) is 3.00. The van der Waals surface area contributed by atoms with Gasteiger partial charge in [0.1, 0.15) is 6.73 Å². The molecule has 26 heavy (non-hydrogen) atoms. The number of hydrogen-bond donors (Lipinski definition) is 1. The van der Waals surface area contributed by atoms with Crippen molar-refractivity contribution in [3.05, 3.63) is 64.5 Å². The first-order valence-corrected chi connectivity index (χ1v) is 8.35. The van der Waals surface area contributed by atoms with Gasteiger partial charge in [0, 0.05) is 11.9 Å². The Morgan fingerprint density at radius 2 is 2.04 bits per heavy atom. The first-order chi connectivity index (χ1) is 12.7. The summed E-state index contributed by atoms with van der Waals surface area (Å²) in [5, 5.41) is 8.85. The minimum absolute atomic E-state index is 0.0634. The summed E-state index contributed by atoms with van der Waals surface area (Å²) in [6, 6.07) is 10.0. The van der Waals surface area contributed by atoms with E-state index in [1.54, 1.807) is 10.8 Å². The van der Waals surface area contributed by atoms with Crippen LogP contribution in [-0.4, -0.2) is 41.8 Å². The Balaban J connectivity index is 1.84. The number of rotatable bonds is 6. The summed E-state index contributed by atoms with van der Waals surface area (Å²) in [4.78, 5) is 21.7. The molecule has 0 spiro atoms. The Morgan fingerprint density at radius 3 is 2.81 bits per heavy atom. The van der Waals surface area contributed by atoms with Gasteiger partial charge >= 0.3 is 0 Å². The number of imidazole rings is 2. The highest BCUT2D eigenvalue weighted by atomic mass is 16.5. The van der Waals surface area contributed by atoms with E-state index in [1.807, 2.05) is 41.8 Å². The molecule has 0 radical (unpaired) electrons. The third-order valence-electron chi connectivity index (χ3n) is 4.29. The topological polar surface area (TPSA) is 86.6 Å². The first-order valence-electron chi connectivity index (χ1n) is 8.35. The number of aromatic nitrogens is 5. The highest BCUT2D eigenvalue weighted by Gasteiger charge is 2.16. The molecule has 0 aliphatic carbocycles. The Bertz CT molecular complexity index is 1110. The van der Waals surface area contributed by atoms with Crippen molar-refractivity contribution in [2.45, 2.75) is 20.2 Å². The van der Waals surface area contributed by atoms with Crippen LogP contribution in [0.15, 0.2) is 47.7 Å². The average molecular weight is 353 g/mol. The summed E-state index contributed by atoms with van der Waals surface area (Å²) in [5.41, 5.74) is 2.63. The lowest BCUT2D eigenvalue weighted by Crippen LogP contribution is -2.16. The maximum Gasteiger partial charge on any atom is 0.287 e. The second kappa shape index (κ2) is 6.74. The minimum Gasteiger partial charge on any atom is -0.394 e. The molecule has 4 rings (SSSR count). The number of benzene rings is 1. The van der Waals surface area contributed by atoms with Crippen LogP contribution in [0.5, 0.6) is 0 Å². The first kappa shape index (κ1) is 16.5. The summed E-state index contributed by atoms with van der Waals surface area (Å²) in [6.07, 6.45) is 3.32.